The van der Waals surface area contributed by atoms with Gasteiger partial charge in [0.2, 0.25) is 0 Å². The van der Waals surface area contributed by atoms with Crippen LogP contribution in [0.3, 0.4) is 0 Å². The van der Waals surface area contributed by atoms with E-state index in [-0.39, 0.29) is 0 Å². The third-order valence-corrected chi connectivity index (χ3v) is 3.56. The summed E-state index contributed by atoms with van der Waals surface area (Å²) in [5, 5.41) is 0. The summed E-state index contributed by atoms with van der Waals surface area (Å²) in [7, 11) is 2.21. The first-order chi connectivity index (χ1) is 7.24. The van der Waals surface area contributed by atoms with Crippen molar-refractivity contribution in [2.24, 2.45) is 0 Å². The predicted molar refractivity (Wildman–Crippen MR) is 66.8 cm³/mol. The Kier molecular flexibility index (Phi) is 2.99. The highest BCUT2D eigenvalue weighted by Crippen LogP contribution is 2.32. The minimum atomic E-state index is 1.09. The van der Waals surface area contributed by atoms with Crippen LogP contribution in [-0.2, 0) is 12.8 Å². The zero-order valence-electron chi connectivity index (χ0n) is 10.1. The molecule has 0 N–H and O–H groups in total. The maximum Gasteiger partial charge on any atom is 0.0428 e. The standard InChI is InChI=1S/C14H21N/c1-4-15(3)14-11(2)9-10-12-7-5-6-8-13(12)14/h9-10H,4-8H2,1-3H3. The van der Waals surface area contributed by atoms with Crippen LogP contribution in [0.4, 0.5) is 5.69 Å². The maximum atomic E-state index is 2.39. The fraction of sp³-hybridized carbons (Fsp3) is 0.571. The van der Waals surface area contributed by atoms with E-state index < -0.39 is 0 Å². The monoisotopic (exact) mass is 203 g/mol. The van der Waals surface area contributed by atoms with E-state index in [1.54, 1.807) is 11.1 Å². The quantitative estimate of drug-likeness (QED) is 0.712. The summed E-state index contributed by atoms with van der Waals surface area (Å²) >= 11 is 0. The number of aryl methyl sites for hydroxylation is 2. The fourth-order valence-corrected chi connectivity index (χ4v) is 2.62. The number of hydrogen-bond acceptors (Lipinski definition) is 1. The Morgan fingerprint density at radius 3 is 2.67 bits per heavy atom. The fourth-order valence-electron chi connectivity index (χ4n) is 2.62. The van der Waals surface area contributed by atoms with Crippen molar-refractivity contribution in [3.8, 4) is 0 Å². The third-order valence-electron chi connectivity index (χ3n) is 3.56. The van der Waals surface area contributed by atoms with Crippen molar-refractivity contribution < 1.29 is 0 Å². The molecule has 0 spiro atoms. The molecule has 0 atom stereocenters. The van der Waals surface area contributed by atoms with Crippen LogP contribution in [0.15, 0.2) is 12.1 Å². The molecule has 0 radical (unpaired) electrons. The molecule has 0 unspecified atom stereocenters. The van der Waals surface area contributed by atoms with Crippen LogP contribution in [0.1, 0.15) is 36.5 Å². The van der Waals surface area contributed by atoms with Gasteiger partial charge < -0.3 is 4.90 Å². The summed E-state index contributed by atoms with van der Waals surface area (Å²) in [4.78, 5) is 2.39. The lowest BCUT2D eigenvalue weighted by atomic mass is 9.88. The van der Waals surface area contributed by atoms with Crippen LogP contribution >= 0.6 is 0 Å². The second-order valence-corrected chi connectivity index (χ2v) is 4.59. The van der Waals surface area contributed by atoms with Crippen molar-refractivity contribution in [1.82, 2.24) is 0 Å². The van der Waals surface area contributed by atoms with Gasteiger partial charge in [-0.2, -0.15) is 0 Å². The average molecular weight is 203 g/mol. The molecule has 82 valence electrons. The van der Waals surface area contributed by atoms with Crippen LogP contribution in [-0.4, -0.2) is 13.6 Å². The molecule has 1 aromatic rings. The van der Waals surface area contributed by atoms with E-state index in [1.807, 2.05) is 0 Å². The van der Waals surface area contributed by atoms with Crippen LogP contribution in [0.25, 0.3) is 0 Å². The minimum absolute atomic E-state index is 1.09. The molecule has 0 heterocycles. The molecule has 0 saturated carbocycles. The van der Waals surface area contributed by atoms with Crippen LogP contribution in [0.5, 0.6) is 0 Å². The highest BCUT2D eigenvalue weighted by molar-refractivity contribution is 5.62. The smallest absolute Gasteiger partial charge is 0.0428 e. The molecule has 0 amide bonds. The van der Waals surface area contributed by atoms with Crippen LogP contribution < -0.4 is 4.90 Å². The van der Waals surface area contributed by atoms with Crippen molar-refractivity contribution in [2.45, 2.75) is 39.5 Å². The molecule has 1 aliphatic carbocycles. The Morgan fingerprint density at radius 2 is 1.93 bits per heavy atom. The van der Waals surface area contributed by atoms with Gasteiger partial charge in [0.1, 0.15) is 0 Å². The Balaban J connectivity index is 2.50. The van der Waals surface area contributed by atoms with Gasteiger partial charge in [0.15, 0.2) is 0 Å². The lowest BCUT2D eigenvalue weighted by molar-refractivity contribution is 0.682. The van der Waals surface area contributed by atoms with Gasteiger partial charge in [-0.15, -0.1) is 0 Å². The third kappa shape index (κ3) is 1.88. The summed E-state index contributed by atoms with van der Waals surface area (Å²) in [6.07, 6.45) is 5.28. The lowest BCUT2D eigenvalue weighted by Crippen LogP contribution is -2.20. The lowest BCUT2D eigenvalue weighted by Gasteiger charge is -2.27. The molecule has 2 rings (SSSR count). The molecule has 0 aromatic heterocycles. The van der Waals surface area contributed by atoms with Crippen molar-refractivity contribution in [2.75, 3.05) is 18.5 Å². The van der Waals surface area contributed by atoms with Gasteiger partial charge in [0, 0.05) is 19.3 Å². The highest BCUT2D eigenvalue weighted by Gasteiger charge is 2.16. The van der Waals surface area contributed by atoms with Gasteiger partial charge in [-0.3, -0.25) is 0 Å². The van der Waals surface area contributed by atoms with Crippen molar-refractivity contribution in [1.29, 1.82) is 0 Å². The van der Waals surface area contributed by atoms with E-state index >= 15 is 0 Å². The van der Waals surface area contributed by atoms with Crippen molar-refractivity contribution in [3.05, 3.63) is 28.8 Å². The Hall–Kier alpha value is -0.980. The van der Waals surface area contributed by atoms with E-state index in [0.29, 0.717) is 0 Å². The normalized spacial score (nSPS) is 14.9. The summed E-state index contributed by atoms with van der Waals surface area (Å²) in [6, 6.07) is 4.61. The molecule has 0 saturated heterocycles. The molecular formula is C14H21N. The van der Waals surface area contributed by atoms with Crippen molar-refractivity contribution in [3.63, 3.8) is 0 Å². The summed E-state index contributed by atoms with van der Waals surface area (Å²) < 4.78 is 0. The van der Waals surface area contributed by atoms with Gasteiger partial charge >= 0.3 is 0 Å². The molecule has 1 aliphatic rings. The average Bonchev–Trinajstić information content (AvgIpc) is 2.28. The molecule has 0 bridgehead atoms. The Morgan fingerprint density at radius 1 is 1.20 bits per heavy atom. The second kappa shape index (κ2) is 4.26. The molecule has 1 nitrogen and oxygen atoms in total. The van der Waals surface area contributed by atoms with Gasteiger partial charge in [-0.25, -0.2) is 0 Å². The maximum absolute atomic E-state index is 2.39. The number of hydrogen-bond donors (Lipinski definition) is 0. The summed E-state index contributed by atoms with van der Waals surface area (Å²) in [5.41, 5.74) is 6.13. The first-order valence-corrected chi connectivity index (χ1v) is 6.06. The van der Waals surface area contributed by atoms with Gasteiger partial charge in [0.25, 0.3) is 0 Å². The highest BCUT2D eigenvalue weighted by atomic mass is 15.1. The van der Waals surface area contributed by atoms with Crippen molar-refractivity contribution >= 4 is 5.69 Å². The molecule has 0 aliphatic heterocycles. The zero-order chi connectivity index (χ0) is 10.8. The first kappa shape index (κ1) is 10.5. The van der Waals surface area contributed by atoms with E-state index in [2.05, 4.69) is 37.9 Å². The molecular weight excluding hydrogens is 182 g/mol. The van der Waals surface area contributed by atoms with E-state index in [1.165, 1.54) is 36.9 Å². The van der Waals surface area contributed by atoms with E-state index in [9.17, 15) is 0 Å². The molecule has 1 aromatic carbocycles. The van der Waals surface area contributed by atoms with E-state index in [4.69, 9.17) is 0 Å². The summed E-state index contributed by atoms with van der Waals surface area (Å²) in [5.74, 6) is 0. The largest absolute Gasteiger partial charge is 0.374 e. The number of nitrogens with zero attached hydrogens (tertiary/aromatic N) is 1. The molecule has 0 fully saturated rings. The van der Waals surface area contributed by atoms with Gasteiger partial charge in [0.05, 0.1) is 0 Å². The van der Waals surface area contributed by atoms with Gasteiger partial charge in [-0.1, -0.05) is 12.1 Å². The predicted octanol–water partition coefficient (Wildman–Crippen LogP) is 3.33. The molecule has 1 heteroatoms. The number of fused-ring (bicyclic) bond motifs is 1. The SMILES string of the molecule is CCN(C)c1c(C)ccc2c1CCCC2. The van der Waals surface area contributed by atoms with Crippen LogP contribution in [0, 0.1) is 6.92 Å². The molecule has 15 heavy (non-hydrogen) atoms. The van der Waals surface area contributed by atoms with Gasteiger partial charge in [-0.05, 0) is 56.2 Å². The van der Waals surface area contributed by atoms with E-state index in [0.717, 1.165) is 6.54 Å². The zero-order valence-corrected chi connectivity index (χ0v) is 10.1. The topological polar surface area (TPSA) is 3.24 Å². The van der Waals surface area contributed by atoms with Crippen LogP contribution in [0.2, 0.25) is 0 Å². The Bertz CT molecular complexity index is 355. The number of anilines is 1. The summed E-state index contributed by atoms with van der Waals surface area (Å²) in [6.45, 7) is 5.55. The number of benzene rings is 1. The minimum Gasteiger partial charge on any atom is -0.374 e. The number of rotatable bonds is 2. The Labute approximate surface area is 93.1 Å². The first-order valence-electron chi connectivity index (χ1n) is 6.06. The second-order valence-electron chi connectivity index (χ2n) is 4.59.